The first-order chi connectivity index (χ1) is 10.1. The quantitative estimate of drug-likeness (QED) is 0.758. The molecule has 3 N–H and O–H groups in total. The Kier molecular flexibility index (Phi) is 3.30. The highest BCUT2D eigenvalue weighted by Gasteiger charge is 2.17. The van der Waals surface area contributed by atoms with Crippen LogP contribution in [0.25, 0.3) is 10.2 Å². The van der Waals surface area contributed by atoms with Gasteiger partial charge in [-0.25, -0.2) is 0 Å². The summed E-state index contributed by atoms with van der Waals surface area (Å²) in [5.74, 6) is -0.209. The van der Waals surface area contributed by atoms with Crippen LogP contribution in [0.2, 0.25) is 0 Å². The average Bonchev–Trinajstić information content (AvgIpc) is 2.97. The molecule has 0 fully saturated rings. The van der Waals surface area contributed by atoms with Crippen molar-refractivity contribution >= 4 is 33.1 Å². The Morgan fingerprint density at radius 1 is 1.52 bits per heavy atom. The molecule has 3 aromatic rings. The molecule has 0 spiro atoms. The molecule has 0 bridgehead atoms. The number of carbonyl (C=O) groups is 1. The van der Waals surface area contributed by atoms with Crippen molar-refractivity contribution in [3.8, 4) is 0 Å². The fourth-order valence-electron chi connectivity index (χ4n) is 2.12. The van der Waals surface area contributed by atoms with Gasteiger partial charge in [0.2, 0.25) is 0 Å². The van der Waals surface area contributed by atoms with E-state index in [0.29, 0.717) is 21.9 Å². The number of fused-ring (bicyclic) bond motifs is 1. The highest BCUT2D eigenvalue weighted by atomic mass is 32.1. The van der Waals surface area contributed by atoms with Crippen molar-refractivity contribution in [2.75, 3.05) is 5.73 Å². The summed E-state index contributed by atoms with van der Waals surface area (Å²) in [6, 6.07) is 1.76. The number of hydrogen-bond donors (Lipinski definition) is 2. The fourth-order valence-corrected chi connectivity index (χ4v) is 3.07. The number of thiophene rings is 1. The molecule has 3 heterocycles. The van der Waals surface area contributed by atoms with Crippen LogP contribution < -0.4 is 11.1 Å². The smallest absolute Gasteiger partial charge is 0.263 e. The second kappa shape index (κ2) is 5.13. The van der Waals surface area contributed by atoms with E-state index in [-0.39, 0.29) is 5.91 Å². The van der Waals surface area contributed by atoms with E-state index in [1.54, 1.807) is 16.9 Å². The lowest BCUT2D eigenvalue weighted by Gasteiger charge is -2.03. The van der Waals surface area contributed by atoms with E-state index in [0.717, 1.165) is 16.6 Å². The van der Waals surface area contributed by atoms with Crippen molar-refractivity contribution in [2.24, 2.45) is 7.05 Å². The van der Waals surface area contributed by atoms with E-state index in [9.17, 15) is 4.79 Å². The number of nitrogens with zero attached hydrogens (tertiary/aromatic N) is 4. The molecule has 0 aliphatic rings. The van der Waals surface area contributed by atoms with Crippen LogP contribution in [0.1, 0.15) is 20.9 Å². The maximum absolute atomic E-state index is 12.3. The molecule has 8 heteroatoms. The number of aryl methyl sites for hydroxylation is 2. The normalized spacial score (nSPS) is 11.0. The van der Waals surface area contributed by atoms with Crippen LogP contribution in [0.3, 0.4) is 0 Å². The van der Waals surface area contributed by atoms with Crippen LogP contribution in [0, 0.1) is 6.92 Å². The van der Waals surface area contributed by atoms with Crippen LogP contribution in [0.15, 0.2) is 18.5 Å². The average molecular weight is 302 g/mol. The summed E-state index contributed by atoms with van der Waals surface area (Å²) in [5.41, 5.74) is 8.33. The summed E-state index contributed by atoms with van der Waals surface area (Å²) in [4.78, 5) is 13.4. The summed E-state index contributed by atoms with van der Waals surface area (Å²) < 4.78 is 1.72. The van der Waals surface area contributed by atoms with Gasteiger partial charge in [0.25, 0.3) is 5.91 Å². The van der Waals surface area contributed by atoms with E-state index in [2.05, 4.69) is 20.6 Å². The minimum atomic E-state index is -0.209. The first-order valence-electron chi connectivity index (χ1n) is 6.33. The molecule has 1 amide bonds. The third-order valence-electron chi connectivity index (χ3n) is 3.18. The van der Waals surface area contributed by atoms with Crippen molar-refractivity contribution in [1.82, 2.24) is 25.3 Å². The van der Waals surface area contributed by atoms with E-state index < -0.39 is 0 Å². The van der Waals surface area contributed by atoms with Gasteiger partial charge in [0.1, 0.15) is 9.71 Å². The summed E-state index contributed by atoms with van der Waals surface area (Å²) in [6.07, 6.45) is 3.45. The number of nitrogens with one attached hydrogen (secondary N) is 1. The Morgan fingerprint density at radius 2 is 2.33 bits per heavy atom. The van der Waals surface area contributed by atoms with Gasteiger partial charge >= 0.3 is 0 Å². The molecule has 21 heavy (non-hydrogen) atoms. The van der Waals surface area contributed by atoms with Crippen molar-refractivity contribution < 1.29 is 4.79 Å². The summed E-state index contributed by atoms with van der Waals surface area (Å²) in [5, 5.41) is 15.6. The summed E-state index contributed by atoms with van der Waals surface area (Å²) in [7, 11) is 1.85. The molecular formula is C13H14N6OS. The van der Waals surface area contributed by atoms with Gasteiger partial charge in [0, 0.05) is 30.7 Å². The minimum absolute atomic E-state index is 0.209. The molecule has 3 aromatic heterocycles. The molecule has 7 nitrogen and oxygen atoms in total. The fraction of sp³-hybridized carbons (Fsp3) is 0.231. The highest BCUT2D eigenvalue weighted by molar-refractivity contribution is 7.21. The molecule has 0 aliphatic heterocycles. The maximum atomic E-state index is 12.3. The molecule has 0 radical (unpaired) electrons. The standard InChI is InChI=1S/C13H14N6OS/c1-7-8(6-19(2)18-7)5-15-12(20)11-10(14)9-3-4-16-17-13(9)21-11/h3-4,6H,5,14H2,1-2H3,(H,15,20). The minimum Gasteiger partial charge on any atom is -0.397 e. The van der Waals surface area contributed by atoms with Gasteiger partial charge in [-0.3, -0.25) is 9.48 Å². The van der Waals surface area contributed by atoms with Gasteiger partial charge in [0.05, 0.1) is 17.6 Å². The number of hydrogen-bond acceptors (Lipinski definition) is 6. The predicted octanol–water partition coefficient (Wildman–Crippen LogP) is 1.25. The molecule has 0 aliphatic carbocycles. The van der Waals surface area contributed by atoms with E-state index in [1.807, 2.05) is 20.2 Å². The zero-order valence-electron chi connectivity index (χ0n) is 11.6. The first-order valence-corrected chi connectivity index (χ1v) is 7.15. The monoisotopic (exact) mass is 302 g/mol. The van der Waals surface area contributed by atoms with Crippen molar-refractivity contribution in [3.63, 3.8) is 0 Å². The lowest BCUT2D eigenvalue weighted by molar-refractivity contribution is 0.0956. The Balaban J connectivity index is 1.81. The van der Waals surface area contributed by atoms with Crippen LogP contribution >= 0.6 is 11.3 Å². The maximum Gasteiger partial charge on any atom is 0.263 e. The largest absolute Gasteiger partial charge is 0.397 e. The summed E-state index contributed by atoms with van der Waals surface area (Å²) in [6.45, 7) is 2.32. The van der Waals surface area contributed by atoms with Gasteiger partial charge in [-0.2, -0.15) is 10.2 Å². The highest BCUT2D eigenvalue weighted by Crippen LogP contribution is 2.31. The molecule has 108 valence electrons. The SMILES string of the molecule is Cc1nn(C)cc1CNC(=O)c1sc2nnccc2c1N. The zero-order chi connectivity index (χ0) is 15.0. The van der Waals surface area contributed by atoms with Gasteiger partial charge in [-0.05, 0) is 13.0 Å². The number of rotatable bonds is 3. The molecule has 0 atom stereocenters. The van der Waals surface area contributed by atoms with Gasteiger partial charge in [-0.1, -0.05) is 0 Å². The van der Waals surface area contributed by atoms with Gasteiger partial charge < -0.3 is 11.1 Å². The molecule has 0 aromatic carbocycles. The molecule has 0 unspecified atom stereocenters. The Labute approximate surface area is 124 Å². The lowest BCUT2D eigenvalue weighted by Crippen LogP contribution is -2.22. The Hall–Kier alpha value is -2.48. The van der Waals surface area contributed by atoms with Gasteiger partial charge in [-0.15, -0.1) is 16.4 Å². The number of aromatic nitrogens is 4. The molecule has 3 rings (SSSR count). The second-order valence-corrected chi connectivity index (χ2v) is 5.69. The van der Waals surface area contributed by atoms with Crippen LogP contribution in [0.4, 0.5) is 5.69 Å². The van der Waals surface area contributed by atoms with E-state index >= 15 is 0 Å². The van der Waals surface area contributed by atoms with E-state index in [4.69, 9.17) is 5.73 Å². The van der Waals surface area contributed by atoms with E-state index in [1.165, 1.54) is 11.3 Å². The Morgan fingerprint density at radius 3 is 3.00 bits per heavy atom. The molecular weight excluding hydrogens is 288 g/mol. The van der Waals surface area contributed by atoms with Crippen molar-refractivity contribution in [1.29, 1.82) is 0 Å². The van der Waals surface area contributed by atoms with Crippen LogP contribution in [-0.4, -0.2) is 25.9 Å². The first kappa shape index (κ1) is 13.5. The number of nitrogens with two attached hydrogens (primary N) is 1. The topological polar surface area (TPSA) is 98.7 Å². The van der Waals surface area contributed by atoms with Crippen molar-refractivity contribution in [2.45, 2.75) is 13.5 Å². The number of amides is 1. The summed E-state index contributed by atoms with van der Waals surface area (Å²) >= 11 is 1.25. The zero-order valence-corrected chi connectivity index (χ0v) is 12.4. The van der Waals surface area contributed by atoms with Crippen LogP contribution in [0.5, 0.6) is 0 Å². The lowest BCUT2D eigenvalue weighted by atomic mass is 10.2. The second-order valence-electron chi connectivity index (χ2n) is 4.69. The predicted molar refractivity (Wildman–Crippen MR) is 80.9 cm³/mol. The molecule has 0 saturated carbocycles. The number of nitrogen functional groups attached to an aromatic ring is 1. The van der Waals surface area contributed by atoms with Crippen molar-refractivity contribution in [3.05, 3.63) is 34.6 Å². The van der Waals surface area contributed by atoms with Crippen LogP contribution in [-0.2, 0) is 13.6 Å². The third kappa shape index (κ3) is 2.45. The van der Waals surface area contributed by atoms with Gasteiger partial charge in [0.15, 0.2) is 0 Å². The number of carbonyl (C=O) groups excluding carboxylic acids is 1. The number of anilines is 1. The third-order valence-corrected chi connectivity index (χ3v) is 4.29. The Bertz CT molecular complexity index is 821. The molecule has 0 saturated heterocycles.